The van der Waals surface area contributed by atoms with Gasteiger partial charge in [-0.15, -0.1) is 0 Å². The summed E-state index contributed by atoms with van der Waals surface area (Å²) in [5.74, 6) is 0.126. The highest BCUT2D eigenvalue weighted by Gasteiger charge is 2.14. The minimum atomic E-state index is -0.479. The van der Waals surface area contributed by atoms with Crippen LogP contribution in [0.5, 0.6) is 0 Å². The third-order valence-corrected chi connectivity index (χ3v) is 4.40. The van der Waals surface area contributed by atoms with Crippen molar-refractivity contribution in [1.82, 2.24) is 24.9 Å². The van der Waals surface area contributed by atoms with Crippen molar-refractivity contribution in [2.45, 2.75) is 0 Å². The van der Waals surface area contributed by atoms with Crippen LogP contribution in [-0.4, -0.2) is 58.1 Å². The lowest BCUT2D eigenvalue weighted by molar-refractivity contribution is 0.178. The maximum Gasteiger partial charge on any atom is 0.238 e. The number of pyridine rings is 1. The molecule has 1 N–H and O–H groups in total. The molecule has 4 rings (SSSR count). The average molecular weight is 338 g/mol. The highest BCUT2D eigenvalue weighted by atomic mass is 19.1. The summed E-state index contributed by atoms with van der Waals surface area (Å²) < 4.78 is 13.0. The van der Waals surface area contributed by atoms with Crippen LogP contribution in [0.15, 0.2) is 42.7 Å². The van der Waals surface area contributed by atoms with E-state index in [2.05, 4.69) is 37.3 Å². The Morgan fingerprint density at radius 1 is 0.960 bits per heavy atom. The highest BCUT2D eigenvalue weighted by Crippen LogP contribution is 2.23. The second kappa shape index (κ2) is 6.70. The number of nitrogens with one attached hydrogen (secondary N) is 1. The molecule has 3 aromatic rings. The number of piperazine rings is 1. The van der Waals surface area contributed by atoms with E-state index in [1.165, 1.54) is 12.3 Å². The third kappa shape index (κ3) is 3.57. The Bertz CT molecular complexity index is 874. The molecule has 1 saturated heterocycles. The number of halogens is 1. The zero-order valence-corrected chi connectivity index (χ0v) is 14.0. The quantitative estimate of drug-likeness (QED) is 0.740. The number of aromatic nitrogens is 3. The summed E-state index contributed by atoms with van der Waals surface area (Å²) >= 11 is 0. The molecule has 1 aromatic carbocycles. The van der Waals surface area contributed by atoms with Gasteiger partial charge in [0.25, 0.3) is 0 Å². The smallest absolute Gasteiger partial charge is 0.238 e. The molecule has 0 aliphatic carbocycles. The Hall–Kier alpha value is -2.64. The summed E-state index contributed by atoms with van der Waals surface area (Å²) in [7, 11) is 2.12. The lowest BCUT2D eigenvalue weighted by Gasteiger charge is -2.32. The van der Waals surface area contributed by atoms with Crippen molar-refractivity contribution in [3.8, 4) is 11.1 Å². The van der Waals surface area contributed by atoms with Crippen molar-refractivity contribution in [3.05, 3.63) is 48.7 Å². The van der Waals surface area contributed by atoms with Gasteiger partial charge in [-0.3, -0.25) is 5.43 Å². The summed E-state index contributed by atoms with van der Waals surface area (Å²) in [6.45, 7) is 3.92. The molecule has 1 aliphatic rings. The van der Waals surface area contributed by atoms with E-state index in [1.54, 1.807) is 12.3 Å². The molecule has 0 bridgehead atoms. The number of nitrogens with zero attached hydrogens (tertiary/aromatic N) is 5. The maximum atomic E-state index is 13.0. The van der Waals surface area contributed by atoms with Crippen LogP contribution >= 0.6 is 0 Å². The van der Waals surface area contributed by atoms with Crippen LogP contribution in [0.3, 0.4) is 0 Å². The van der Waals surface area contributed by atoms with Crippen molar-refractivity contribution < 1.29 is 4.39 Å². The van der Waals surface area contributed by atoms with E-state index in [9.17, 15) is 4.39 Å². The fraction of sp³-hybridized carbons (Fsp3) is 0.278. The minimum Gasteiger partial charge on any atom is -0.304 e. The van der Waals surface area contributed by atoms with Crippen molar-refractivity contribution >= 4 is 16.9 Å². The third-order valence-electron chi connectivity index (χ3n) is 4.40. The van der Waals surface area contributed by atoms with Gasteiger partial charge in [-0.25, -0.2) is 20.0 Å². The molecule has 0 saturated carbocycles. The Balaban J connectivity index is 1.55. The minimum absolute atomic E-state index is 0.479. The summed E-state index contributed by atoms with van der Waals surface area (Å²) in [5, 5.41) is 3.07. The molecule has 0 spiro atoms. The van der Waals surface area contributed by atoms with Gasteiger partial charge < -0.3 is 4.90 Å². The SMILES string of the molecule is CN1CCN(Nc2ncc3cc(-c4ccc(F)nc4)ccc3n2)CC1. The second-order valence-corrected chi connectivity index (χ2v) is 6.24. The van der Waals surface area contributed by atoms with Crippen LogP contribution < -0.4 is 5.43 Å². The van der Waals surface area contributed by atoms with E-state index >= 15 is 0 Å². The van der Waals surface area contributed by atoms with Crippen molar-refractivity contribution in [1.29, 1.82) is 0 Å². The molecular formula is C18H19FN6. The highest BCUT2D eigenvalue weighted by molar-refractivity contribution is 5.84. The molecule has 128 valence electrons. The first kappa shape index (κ1) is 15.9. The van der Waals surface area contributed by atoms with Gasteiger partial charge in [0.15, 0.2) is 0 Å². The summed E-state index contributed by atoms with van der Waals surface area (Å²) in [4.78, 5) is 15.0. The number of fused-ring (bicyclic) bond motifs is 1. The lowest BCUT2D eigenvalue weighted by Crippen LogP contribution is -2.47. The molecule has 7 heteroatoms. The van der Waals surface area contributed by atoms with E-state index in [0.717, 1.165) is 48.2 Å². The van der Waals surface area contributed by atoms with Gasteiger partial charge in [-0.1, -0.05) is 6.07 Å². The largest absolute Gasteiger partial charge is 0.304 e. The molecule has 6 nitrogen and oxygen atoms in total. The first-order chi connectivity index (χ1) is 12.2. The number of likely N-dealkylation sites (N-methyl/N-ethyl adjacent to an activating group) is 1. The van der Waals surface area contributed by atoms with Gasteiger partial charge in [0.1, 0.15) is 0 Å². The topological polar surface area (TPSA) is 57.2 Å². The van der Waals surface area contributed by atoms with E-state index in [-0.39, 0.29) is 0 Å². The Kier molecular flexibility index (Phi) is 4.25. The monoisotopic (exact) mass is 338 g/mol. The van der Waals surface area contributed by atoms with Crippen LogP contribution in [0.1, 0.15) is 0 Å². The molecule has 1 aliphatic heterocycles. The normalized spacial score (nSPS) is 16.2. The molecule has 25 heavy (non-hydrogen) atoms. The first-order valence-electron chi connectivity index (χ1n) is 8.26. The molecule has 0 unspecified atom stereocenters. The second-order valence-electron chi connectivity index (χ2n) is 6.24. The van der Waals surface area contributed by atoms with Crippen LogP contribution in [0.2, 0.25) is 0 Å². The van der Waals surface area contributed by atoms with Gasteiger partial charge in [-0.2, -0.15) is 4.39 Å². The number of hydrogen-bond acceptors (Lipinski definition) is 6. The Morgan fingerprint density at radius 2 is 1.76 bits per heavy atom. The molecule has 2 aromatic heterocycles. The molecular weight excluding hydrogens is 319 g/mol. The fourth-order valence-electron chi connectivity index (χ4n) is 2.87. The zero-order chi connectivity index (χ0) is 17.2. The van der Waals surface area contributed by atoms with Crippen molar-refractivity contribution in [2.24, 2.45) is 0 Å². The van der Waals surface area contributed by atoms with Crippen LogP contribution in [-0.2, 0) is 0 Å². The number of hydrazine groups is 1. The summed E-state index contributed by atoms with van der Waals surface area (Å²) in [6, 6.07) is 8.98. The van der Waals surface area contributed by atoms with Gasteiger partial charge >= 0.3 is 0 Å². The van der Waals surface area contributed by atoms with E-state index in [1.807, 2.05) is 18.2 Å². The van der Waals surface area contributed by atoms with Gasteiger partial charge in [0.2, 0.25) is 11.9 Å². The standard InChI is InChI=1S/C18H19FN6/c1-24-6-8-25(9-7-24)23-18-21-12-15-10-13(2-4-16(15)22-18)14-3-5-17(19)20-11-14/h2-5,10-12H,6-9H2,1H3,(H,21,22,23). The molecule has 3 heterocycles. The molecule has 0 radical (unpaired) electrons. The lowest BCUT2D eigenvalue weighted by atomic mass is 10.1. The number of benzene rings is 1. The number of rotatable bonds is 3. The fourth-order valence-corrected chi connectivity index (χ4v) is 2.87. The summed E-state index contributed by atoms with van der Waals surface area (Å²) in [5.41, 5.74) is 5.97. The summed E-state index contributed by atoms with van der Waals surface area (Å²) in [6.07, 6.45) is 3.34. The Morgan fingerprint density at radius 3 is 2.52 bits per heavy atom. The van der Waals surface area contributed by atoms with Gasteiger partial charge in [0.05, 0.1) is 5.52 Å². The molecule has 1 fully saturated rings. The average Bonchev–Trinajstić information content (AvgIpc) is 2.64. The number of anilines is 1. The van der Waals surface area contributed by atoms with Gasteiger partial charge in [0, 0.05) is 49.5 Å². The zero-order valence-electron chi connectivity index (χ0n) is 14.0. The predicted molar refractivity (Wildman–Crippen MR) is 95.4 cm³/mol. The molecule has 0 amide bonds. The maximum absolute atomic E-state index is 13.0. The number of hydrogen-bond donors (Lipinski definition) is 1. The van der Waals surface area contributed by atoms with E-state index in [0.29, 0.717) is 5.95 Å². The van der Waals surface area contributed by atoms with Crippen LogP contribution in [0, 0.1) is 5.95 Å². The van der Waals surface area contributed by atoms with Crippen LogP contribution in [0.4, 0.5) is 10.3 Å². The van der Waals surface area contributed by atoms with Gasteiger partial charge in [-0.05, 0) is 36.9 Å². The Labute approximate surface area is 145 Å². The van der Waals surface area contributed by atoms with E-state index in [4.69, 9.17) is 0 Å². The van der Waals surface area contributed by atoms with Crippen LogP contribution in [0.25, 0.3) is 22.0 Å². The predicted octanol–water partition coefficient (Wildman–Crippen LogP) is 2.41. The first-order valence-corrected chi connectivity index (χ1v) is 8.26. The molecule has 0 atom stereocenters. The van der Waals surface area contributed by atoms with Crippen molar-refractivity contribution in [2.75, 3.05) is 38.7 Å². The van der Waals surface area contributed by atoms with Crippen molar-refractivity contribution in [3.63, 3.8) is 0 Å². The van der Waals surface area contributed by atoms with E-state index < -0.39 is 5.95 Å².